The first-order valence-electron chi connectivity index (χ1n) is 5.65. The first-order chi connectivity index (χ1) is 6.64. The van der Waals surface area contributed by atoms with Crippen LogP contribution >= 0.6 is 0 Å². The summed E-state index contributed by atoms with van der Waals surface area (Å²) < 4.78 is 0. The van der Waals surface area contributed by atoms with Gasteiger partial charge in [-0.1, -0.05) is 26.7 Å². The minimum absolute atomic E-state index is 0.120. The van der Waals surface area contributed by atoms with E-state index in [-0.39, 0.29) is 11.4 Å². The normalized spacial score (nSPS) is 32.6. The van der Waals surface area contributed by atoms with Crippen LogP contribution in [0, 0.1) is 5.92 Å². The number of carbonyl (C=O) groups is 1. The van der Waals surface area contributed by atoms with E-state index in [1.807, 2.05) is 6.92 Å². The lowest BCUT2D eigenvalue weighted by Crippen LogP contribution is -2.59. The molecule has 0 radical (unpaired) electrons. The second-order valence-electron chi connectivity index (χ2n) is 4.41. The van der Waals surface area contributed by atoms with Crippen molar-refractivity contribution >= 4 is 5.91 Å². The highest BCUT2D eigenvalue weighted by Crippen LogP contribution is 2.32. The first kappa shape index (κ1) is 11.5. The third kappa shape index (κ3) is 2.27. The molecule has 3 heteroatoms. The minimum Gasteiger partial charge on any atom is -0.349 e. The first-order valence-corrected chi connectivity index (χ1v) is 5.65. The van der Waals surface area contributed by atoms with Gasteiger partial charge in [0.2, 0.25) is 5.91 Å². The molecule has 0 saturated heterocycles. The predicted molar refractivity (Wildman–Crippen MR) is 57.9 cm³/mol. The van der Waals surface area contributed by atoms with E-state index >= 15 is 0 Å². The van der Waals surface area contributed by atoms with Gasteiger partial charge in [0.15, 0.2) is 0 Å². The van der Waals surface area contributed by atoms with Gasteiger partial charge >= 0.3 is 0 Å². The molecule has 0 bridgehead atoms. The molecular formula is C11H22N2O. The zero-order valence-electron chi connectivity index (χ0n) is 9.31. The van der Waals surface area contributed by atoms with Gasteiger partial charge in [-0.05, 0) is 18.8 Å². The Labute approximate surface area is 86.4 Å². The molecule has 14 heavy (non-hydrogen) atoms. The molecule has 3 nitrogen and oxygen atoms in total. The fourth-order valence-electron chi connectivity index (χ4n) is 2.32. The second kappa shape index (κ2) is 4.78. The molecule has 2 unspecified atom stereocenters. The van der Waals surface area contributed by atoms with Crippen molar-refractivity contribution < 1.29 is 4.79 Å². The molecule has 0 aromatic heterocycles. The molecule has 3 N–H and O–H groups in total. The maximum atomic E-state index is 11.4. The summed E-state index contributed by atoms with van der Waals surface area (Å²) in [6.07, 6.45) is 5.22. The van der Waals surface area contributed by atoms with E-state index in [0.717, 1.165) is 6.42 Å². The molecular weight excluding hydrogens is 176 g/mol. The van der Waals surface area contributed by atoms with Gasteiger partial charge in [-0.3, -0.25) is 4.79 Å². The number of carbonyl (C=O) groups excluding carboxylic acids is 1. The van der Waals surface area contributed by atoms with Gasteiger partial charge in [0.05, 0.1) is 5.54 Å². The molecule has 0 aliphatic heterocycles. The monoisotopic (exact) mass is 198 g/mol. The molecule has 1 amide bonds. The van der Waals surface area contributed by atoms with Crippen molar-refractivity contribution in [1.82, 2.24) is 5.32 Å². The van der Waals surface area contributed by atoms with Crippen molar-refractivity contribution in [2.45, 2.75) is 51.5 Å². The Morgan fingerprint density at radius 1 is 1.57 bits per heavy atom. The van der Waals surface area contributed by atoms with Crippen LogP contribution in [0.1, 0.15) is 46.0 Å². The number of nitrogens with one attached hydrogen (secondary N) is 1. The van der Waals surface area contributed by atoms with Gasteiger partial charge in [-0.15, -0.1) is 0 Å². The molecule has 1 aliphatic carbocycles. The summed E-state index contributed by atoms with van der Waals surface area (Å²) in [6, 6.07) is 0. The number of amides is 1. The summed E-state index contributed by atoms with van der Waals surface area (Å²) in [5.74, 6) is 0.640. The SMILES string of the molecule is CCC(=O)NC1(CN)CCCCC1C. The Bertz CT molecular complexity index is 205. The standard InChI is InChI=1S/C11H22N2O/c1-3-10(14)13-11(8-12)7-5-4-6-9(11)2/h9H,3-8,12H2,1-2H3,(H,13,14). The van der Waals surface area contributed by atoms with Crippen molar-refractivity contribution in [2.75, 3.05) is 6.54 Å². The minimum atomic E-state index is -0.120. The topological polar surface area (TPSA) is 55.1 Å². The van der Waals surface area contributed by atoms with Gasteiger partial charge in [0.25, 0.3) is 0 Å². The molecule has 0 spiro atoms. The van der Waals surface area contributed by atoms with Crippen LogP contribution in [-0.2, 0) is 4.79 Å². The lowest BCUT2D eigenvalue weighted by molar-refractivity contribution is -0.123. The highest BCUT2D eigenvalue weighted by Gasteiger charge is 2.37. The summed E-state index contributed by atoms with van der Waals surface area (Å²) in [5.41, 5.74) is 5.70. The summed E-state index contributed by atoms with van der Waals surface area (Å²) in [6.45, 7) is 4.65. The van der Waals surface area contributed by atoms with Crippen molar-refractivity contribution in [3.05, 3.63) is 0 Å². The average molecular weight is 198 g/mol. The molecule has 1 rings (SSSR count). The maximum absolute atomic E-state index is 11.4. The number of rotatable bonds is 3. The van der Waals surface area contributed by atoms with E-state index in [1.54, 1.807) is 0 Å². The Balaban J connectivity index is 2.67. The fraction of sp³-hybridized carbons (Fsp3) is 0.909. The van der Waals surface area contributed by atoms with Crippen molar-refractivity contribution in [1.29, 1.82) is 0 Å². The van der Waals surface area contributed by atoms with E-state index in [9.17, 15) is 4.79 Å². The fourth-order valence-corrected chi connectivity index (χ4v) is 2.32. The van der Waals surface area contributed by atoms with Crippen LogP contribution in [0.25, 0.3) is 0 Å². The van der Waals surface area contributed by atoms with Gasteiger partial charge in [0, 0.05) is 13.0 Å². The van der Waals surface area contributed by atoms with Gasteiger partial charge in [0.1, 0.15) is 0 Å². The van der Waals surface area contributed by atoms with Crippen LogP contribution in [0.3, 0.4) is 0 Å². The predicted octanol–water partition coefficient (Wildman–Crippen LogP) is 1.42. The van der Waals surface area contributed by atoms with E-state index in [1.165, 1.54) is 19.3 Å². The second-order valence-corrected chi connectivity index (χ2v) is 4.41. The zero-order chi connectivity index (χ0) is 10.6. The number of hydrogen-bond donors (Lipinski definition) is 2. The quantitative estimate of drug-likeness (QED) is 0.720. The van der Waals surface area contributed by atoms with E-state index in [0.29, 0.717) is 18.9 Å². The van der Waals surface area contributed by atoms with Crippen LogP contribution in [0.2, 0.25) is 0 Å². The van der Waals surface area contributed by atoms with E-state index in [4.69, 9.17) is 5.73 Å². The Morgan fingerprint density at radius 3 is 2.79 bits per heavy atom. The third-order valence-electron chi connectivity index (χ3n) is 3.53. The molecule has 1 fully saturated rings. The molecule has 0 heterocycles. The van der Waals surface area contributed by atoms with Crippen LogP contribution in [0.15, 0.2) is 0 Å². The van der Waals surface area contributed by atoms with Gasteiger partial charge in [-0.25, -0.2) is 0 Å². The zero-order valence-corrected chi connectivity index (χ0v) is 9.31. The van der Waals surface area contributed by atoms with Gasteiger partial charge < -0.3 is 11.1 Å². The van der Waals surface area contributed by atoms with Crippen molar-refractivity contribution in [3.8, 4) is 0 Å². The lowest BCUT2D eigenvalue weighted by atomic mass is 9.73. The van der Waals surface area contributed by atoms with Crippen molar-refractivity contribution in [3.63, 3.8) is 0 Å². The van der Waals surface area contributed by atoms with E-state index < -0.39 is 0 Å². The summed E-state index contributed by atoms with van der Waals surface area (Å²) in [4.78, 5) is 11.4. The van der Waals surface area contributed by atoms with Crippen molar-refractivity contribution in [2.24, 2.45) is 11.7 Å². The highest BCUT2D eigenvalue weighted by atomic mass is 16.1. The Hall–Kier alpha value is -0.570. The molecule has 2 atom stereocenters. The highest BCUT2D eigenvalue weighted by molar-refractivity contribution is 5.76. The number of nitrogens with two attached hydrogens (primary N) is 1. The smallest absolute Gasteiger partial charge is 0.220 e. The Morgan fingerprint density at radius 2 is 2.29 bits per heavy atom. The number of hydrogen-bond acceptors (Lipinski definition) is 2. The van der Waals surface area contributed by atoms with Crippen LogP contribution in [0.4, 0.5) is 0 Å². The molecule has 1 aliphatic rings. The maximum Gasteiger partial charge on any atom is 0.220 e. The van der Waals surface area contributed by atoms with E-state index in [2.05, 4.69) is 12.2 Å². The molecule has 82 valence electrons. The van der Waals surface area contributed by atoms with Crippen LogP contribution in [-0.4, -0.2) is 18.0 Å². The van der Waals surface area contributed by atoms with Gasteiger partial charge in [-0.2, -0.15) is 0 Å². The van der Waals surface area contributed by atoms with Crippen LogP contribution in [0.5, 0.6) is 0 Å². The summed E-state index contributed by atoms with van der Waals surface area (Å²) in [5, 5.41) is 3.12. The average Bonchev–Trinajstić information content (AvgIpc) is 2.21. The molecule has 0 aromatic carbocycles. The Kier molecular flexibility index (Phi) is 3.93. The third-order valence-corrected chi connectivity index (χ3v) is 3.53. The summed E-state index contributed by atoms with van der Waals surface area (Å²) >= 11 is 0. The van der Waals surface area contributed by atoms with Crippen LogP contribution < -0.4 is 11.1 Å². The lowest BCUT2D eigenvalue weighted by Gasteiger charge is -2.42. The largest absolute Gasteiger partial charge is 0.349 e. The summed E-state index contributed by atoms with van der Waals surface area (Å²) in [7, 11) is 0. The molecule has 0 aromatic rings. The molecule has 1 saturated carbocycles.